The van der Waals surface area contributed by atoms with Gasteiger partial charge in [0.05, 0.1) is 0 Å². The van der Waals surface area contributed by atoms with Gasteiger partial charge in [0.2, 0.25) is 0 Å². The maximum atomic E-state index is 13.6. The topological polar surface area (TPSA) is 41.6 Å². The minimum Gasteiger partial charge on any atom is -0.444 e. The summed E-state index contributed by atoms with van der Waals surface area (Å²) in [6, 6.07) is 3.36. The molecule has 1 N–H and O–H groups in total. The maximum absolute atomic E-state index is 13.6. The molecule has 0 aliphatic rings. The van der Waals surface area contributed by atoms with E-state index in [4.69, 9.17) is 4.74 Å². The summed E-state index contributed by atoms with van der Waals surface area (Å²) in [4.78, 5) is 14.0. The van der Waals surface area contributed by atoms with E-state index in [9.17, 15) is 13.6 Å². The van der Waals surface area contributed by atoms with Crippen LogP contribution in [0.5, 0.6) is 0 Å². The first-order valence-corrected chi connectivity index (χ1v) is 8.05. The molecule has 0 bridgehead atoms. The largest absolute Gasteiger partial charge is 0.444 e. The van der Waals surface area contributed by atoms with Gasteiger partial charge in [0.1, 0.15) is 17.2 Å². The summed E-state index contributed by atoms with van der Waals surface area (Å²) in [7, 11) is 0. The van der Waals surface area contributed by atoms with Gasteiger partial charge in [-0.2, -0.15) is 0 Å². The zero-order chi connectivity index (χ0) is 18.5. The first-order valence-electron chi connectivity index (χ1n) is 8.05. The van der Waals surface area contributed by atoms with Crippen molar-refractivity contribution in [2.45, 2.75) is 59.2 Å². The summed E-state index contributed by atoms with van der Waals surface area (Å²) in [6.07, 6.45) is -0.395. The van der Waals surface area contributed by atoms with Crippen LogP contribution >= 0.6 is 0 Å². The van der Waals surface area contributed by atoms with Crippen LogP contribution in [0.3, 0.4) is 0 Å². The average Bonchev–Trinajstić information content (AvgIpc) is 2.38. The SMILES string of the molecule is CC(C)(C)OC(=O)N(CCNCc1cc(F)ccc1F)C(C)(C)C. The predicted octanol–water partition coefficient (Wildman–Crippen LogP) is 4.09. The van der Waals surface area contributed by atoms with Crippen LogP contribution in [0.2, 0.25) is 0 Å². The fourth-order valence-electron chi connectivity index (χ4n) is 2.11. The Morgan fingerprint density at radius 3 is 2.33 bits per heavy atom. The number of benzene rings is 1. The number of ether oxygens (including phenoxy) is 1. The van der Waals surface area contributed by atoms with Crippen LogP contribution in [0, 0.1) is 11.6 Å². The quantitative estimate of drug-likeness (QED) is 0.820. The van der Waals surface area contributed by atoms with E-state index in [1.807, 2.05) is 41.5 Å². The molecule has 0 aliphatic carbocycles. The van der Waals surface area contributed by atoms with Crippen LogP contribution in [0.1, 0.15) is 47.1 Å². The molecule has 0 heterocycles. The minimum absolute atomic E-state index is 0.190. The van der Waals surface area contributed by atoms with E-state index in [-0.39, 0.29) is 12.1 Å². The van der Waals surface area contributed by atoms with E-state index in [0.29, 0.717) is 13.1 Å². The summed E-state index contributed by atoms with van der Waals surface area (Å²) >= 11 is 0. The van der Waals surface area contributed by atoms with Crippen LogP contribution in [0.4, 0.5) is 13.6 Å². The van der Waals surface area contributed by atoms with E-state index in [2.05, 4.69) is 5.32 Å². The molecule has 0 spiro atoms. The van der Waals surface area contributed by atoms with Crippen molar-refractivity contribution in [3.8, 4) is 0 Å². The molecule has 4 nitrogen and oxygen atoms in total. The second kappa shape index (κ2) is 7.92. The maximum Gasteiger partial charge on any atom is 0.410 e. The molecule has 0 saturated heterocycles. The van der Waals surface area contributed by atoms with Crippen molar-refractivity contribution in [3.05, 3.63) is 35.4 Å². The van der Waals surface area contributed by atoms with Gasteiger partial charge < -0.3 is 15.0 Å². The van der Waals surface area contributed by atoms with Crippen LogP contribution < -0.4 is 5.32 Å². The van der Waals surface area contributed by atoms with Gasteiger partial charge in [-0.1, -0.05) is 0 Å². The van der Waals surface area contributed by atoms with E-state index >= 15 is 0 Å². The molecule has 0 unspecified atom stereocenters. The summed E-state index contributed by atoms with van der Waals surface area (Å²) in [5.74, 6) is -0.929. The number of hydrogen-bond donors (Lipinski definition) is 1. The van der Waals surface area contributed by atoms with Gasteiger partial charge in [-0.05, 0) is 59.7 Å². The Balaban J connectivity index is 2.60. The lowest BCUT2D eigenvalue weighted by Gasteiger charge is -2.36. The summed E-state index contributed by atoms with van der Waals surface area (Å²) in [5, 5.41) is 3.03. The number of nitrogens with one attached hydrogen (secondary N) is 1. The molecule has 1 rings (SSSR count). The van der Waals surface area contributed by atoms with Gasteiger partial charge in [-0.15, -0.1) is 0 Å². The number of halogens is 2. The Hall–Kier alpha value is -1.69. The van der Waals surface area contributed by atoms with Crippen molar-refractivity contribution in [1.82, 2.24) is 10.2 Å². The fourth-order valence-corrected chi connectivity index (χ4v) is 2.11. The Morgan fingerprint density at radius 1 is 1.17 bits per heavy atom. The molecule has 1 amide bonds. The van der Waals surface area contributed by atoms with Crippen molar-refractivity contribution in [1.29, 1.82) is 0 Å². The number of carbonyl (C=O) groups is 1. The van der Waals surface area contributed by atoms with Gasteiger partial charge in [-0.3, -0.25) is 0 Å². The number of hydrogen-bond acceptors (Lipinski definition) is 3. The highest BCUT2D eigenvalue weighted by atomic mass is 19.1. The minimum atomic E-state index is -0.571. The van der Waals surface area contributed by atoms with Crippen LogP contribution in [-0.4, -0.2) is 35.2 Å². The van der Waals surface area contributed by atoms with Gasteiger partial charge >= 0.3 is 6.09 Å². The molecule has 136 valence electrons. The van der Waals surface area contributed by atoms with Gasteiger partial charge in [0, 0.05) is 30.7 Å². The third kappa shape index (κ3) is 6.83. The highest BCUT2D eigenvalue weighted by Crippen LogP contribution is 2.18. The van der Waals surface area contributed by atoms with Crippen LogP contribution in [0.25, 0.3) is 0 Å². The Morgan fingerprint density at radius 2 is 1.79 bits per heavy atom. The molecule has 1 aromatic rings. The standard InChI is InChI=1S/C18H28F2N2O2/c1-17(2,3)22(16(23)24-18(4,5)6)10-9-21-12-13-11-14(19)7-8-15(13)20/h7-8,11,21H,9-10,12H2,1-6H3. The zero-order valence-corrected chi connectivity index (χ0v) is 15.4. The van der Waals surface area contributed by atoms with Crippen LogP contribution in [0.15, 0.2) is 18.2 Å². The predicted molar refractivity (Wildman–Crippen MR) is 90.8 cm³/mol. The molecule has 1 aromatic carbocycles. The molecule has 0 radical (unpaired) electrons. The number of amides is 1. The monoisotopic (exact) mass is 342 g/mol. The van der Waals surface area contributed by atoms with E-state index in [1.165, 1.54) is 0 Å². The molecule has 0 aliphatic heterocycles. The Bertz CT molecular complexity index is 563. The molecule has 0 aromatic heterocycles. The van der Waals surface area contributed by atoms with Crippen molar-refractivity contribution >= 4 is 6.09 Å². The lowest BCUT2D eigenvalue weighted by Crippen LogP contribution is -2.50. The lowest BCUT2D eigenvalue weighted by atomic mass is 10.1. The van der Waals surface area contributed by atoms with E-state index < -0.39 is 28.9 Å². The van der Waals surface area contributed by atoms with E-state index in [0.717, 1.165) is 18.2 Å². The average molecular weight is 342 g/mol. The smallest absolute Gasteiger partial charge is 0.410 e. The highest BCUT2D eigenvalue weighted by Gasteiger charge is 2.30. The number of carbonyl (C=O) groups excluding carboxylic acids is 1. The molecule has 6 heteroatoms. The third-order valence-electron chi connectivity index (χ3n) is 3.26. The molecular formula is C18H28F2N2O2. The lowest BCUT2D eigenvalue weighted by molar-refractivity contribution is 0.00663. The third-order valence-corrected chi connectivity index (χ3v) is 3.26. The van der Waals surface area contributed by atoms with E-state index in [1.54, 1.807) is 4.90 Å². The van der Waals surface area contributed by atoms with Gasteiger partial charge in [0.25, 0.3) is 0 Å². The highest BCUT2D eigenvalue weighted by molar-refractivity contribution is 5.69. The molecule has 0 fully saturated rings. The van der Waals surface area contributed by atoms with Gasteiger partial charge in [0.15, 0.2) is 0 Å². The normalized spacial score (nSPS) is 12.2. The number of nitrogens with zero attached hydrogens (tertiary/aromatic N) is 1. The first-order chi connectivity index (χ1) is 10.9. The second-order valence-corrected chi connectivity index (χ2v) is 7.72. The van der Waals surface area contributed by atoms with Crippen LogP contribution in [-0.2, 0) is 11.3 Å². The fraction of sp³-hybridized carbons (Fsp3) is 0.611. The van der Waals surface area contributed by atoms with Gasteiger partial charge in [-0.25, -0.2) is 13.6 Å². The Kier molecular flexibility index (Phi) is 6.72. The second-order valence-electron chi connectivity index (χ2n) is 7.72. The van der Waals surface area contributed by atoms with Crippen molar-refractivity contribution in [2.75, 3.05) is 13.1 Å². The van der Waals surface area contributed by atoms with Crippen molar-refractivity contribution in [2.24, 2.45) is 0 Å². The summed E-state index contributed by atoms with van der Waals surface area (Å²) in [6.45, 7) is 12.2. The molecular weight excluding hydrogens is 314 g/mol. The molecule has 0 saturated carbocycles. The summed E-state index contributed by atoms with van der Waals surface area (Å²) in [5.41, 5.74) is -0.720. The Labute approximate surface area is 143 Å². The number of rotatable bonds is 5. The molecule has 24 heavy (non-hydrogen) atoms. The zero-order valence-electron chi connectivity index (χ0n) is 15.4. The summed E-state index contributed by atoms with van der Waals surface area (Å²) < 4.78 is 32.1. The van der Waals surface area contributed by atoms with Crippen molar-refractivity contribution < 1.29 is 18.3 Å². The van der Waals surface area contributed by atoms with Crippen molar-refractivity contribution in [3.63, 3.8) is 0 Å². The molecule has 0 atom stereocenters. The first kappa shape index (κ1) is 20.4.